The van der Waals surface area contributed by atoms with Gasteiger partial charge in [0.25, 0.3) is 5.91 Å². The number of amides is 1. The Bertz CT molecular complexity index is 510. The van der Waals surface area contributed by atoms with E-state index in [1.165, 1.54) is 0 Å². The maximum Gasteiger partial charge on any atom is 0.252 e. The Balaban J connectivity index is 2.21. The van der Waals surface area contributed by atoms with Gasteiger partial charge < -0.3 is 16.3 Å². The Hall–Kier alpha value is -1.31. The van der Waals surface area contributed by atoms with E-state index in [4.69, 9.17) is 10.9 Å². The first-order valence-electron chi connectivity index (χ1n) is 6.13. The van der Waals surface area contributed by atoms with Gasteiger partial charge in [0, 0.05) is 9.13 Å². The van der Waals surface area contributed by atoms with Gasteiger partial charge in [-0.2, -0.15) is 0 Å². The summed E-state index contributed by atoms with van der Waals surface area (Å²) >= 11 is 2.16. The summed E-state index contributed by atoms with van der Waals surface area (Å²) in [7, 11) is 0. The van der Waals surface area contributed by atoms with E-state index in [0.717, 1.165) is 16.4 Å². The van der Waals surface area contributed by atoms with E-state index in [9.17, 15) is 4.79 Å². The zero-order valence-corrected chi connectivity index (χ0v) is 12.6. The quantitative estimate of drug-likeness (QED) is 0.249. The minimum atomic E-state index is -0.701. The Kier molecular flexibility index (Phi) is 4.28. The first kappa shape index (κ1) is 14.1. The van der Waals surface area contributed by atoms with Gasteiger partial charge in [0.1, 0.15) is 5.54 Å². The molecular weight excluding hydrogens is 357 g/mol. The molecule has 2 rings (SSSR count). The highest BCUT2D eigenvalue weighted by Crippen LogP contribution is 2.30. The van der Waals surface area contributed by atoms with Crippen LogP contribution in [0.15, 0.2) is 29.4 Å². The molecule has 1 amide bonds. The Morgan fingerprint density at radius 2 is 2.11 bits per heavy atom. The molecule has 0 heterocycles. The van der Waals surface area contributed by atoms with Crippen molar-refractivity contribution in [3.8, 4) is 0 Å². The highest BCUT2D eigenvalue weighted by atomic mass is 127. The molecule has 0 aliphatic heterocycles. The molecule has 19 heavy (non-hydrogen) atoms. The molecule has 0 atom stereocenters. The van der Waals surface area contributed by atoms with Gasteiger partial charge in [-0.05, 0) is 53.6 Å². The fourth-order valence-corrected chi connectivity index (χ4v) is 2.98. The molecule has 1 aromatic rings. The molecule has 4 N–H and O–H groups in total. The normalized spacial score (nSPS) is 18.3. The van der Waals surface area contributed by atoms with Crippen LogP contribution in [0.25, 0.3) is 0 Å². The lowest BCUT2D eigenvalue weighted by Crippen LogP contribution is -2.55. The average Bonchev–Trinajstić information content (AvgIpc) is 2.87. The maximum atomic E-state index is 12.3. The maximum absolute atomic E-state index is 12.3. The molecule has 0 saturated heterocycles. The molecule has 0 unspecified atom stereocenters. The molecule has 0 aromatic heterocycles. The number of nitrogens with one attached hydrogen (secondary N) is 1. The lowest BCUT2D eigenvalue weighted by molar-refractivity contribution is 0.0922. The van der Waals surface area contributed by atoms with Crippen LogP contribution in [-0.4, -0.2) is 22.5 Å². The van der Waals surface area contributed by atoms with E-state index in [1.807, 2.05) is 18.2 Å². The van der Waals surface area contributed by atoms with Crippen molar-refractivity contribution in [2.75, 3.05) is 0 Å². The van der Waals surface area contributed by atoms with Crippen molar-refractivity contribution in [1.82, 2.24) is 5.32 Å². The number of oxime groups is 1. The van der Waals surface area contributed by atoms with E-state index in [-0.39, 0.29) is 11.7 Å². The van der Waals surface area contributed by atoms with Gasteiger partial charge in [0.2, 0.25) is 0 Å². The van der Waals surface area contributed by atoms with Crippen LogP contribution in [0.4, 0.5) is 0 Å². The largest absolute Gasteiger partial charge is 0.409 e. The first-order valence-corrected chi connectivity index (χ1v) is 7.21. The van der Waals surface area contributed by atoms with Gasteiger partial charge >= 0.3 is 0 Å². The van der Waals surface area contributed by atoms with Crippen molar-refractivity contribution in [3.05, 3.63) is 33.4 Å². The predicted octanol–water partition coefficient (Wildman–Crippen LogP) is 2.08. The SMILES string of the molecule is N/C(=N/O)C1(NC(=O)c2cccc(I)c2)CCCC1. The summed E-state index contributed by atoms with van der Waals surface area (Å²) in [6, 6.07) is 7.32. The third kappa shape index (κ3) is 2.99. The molecule has 1 saturated carbocycles. The van der Waals surface area contributed by atoms with Gasteiger partial charge in [-0.15, -0.1) is 0 Å². The topological polar surface area (TPSA) is 87.7 Å². The number of nitrogens with zero attached hydrogens (tertiary/aromatic N) is 1. The molecule has 0 bridgehead atoms. The monoisotopic (exact) mass is 373 g/mol. The third-order valence-corrected chi connectivity index (χ3v) is 4.17. The fraction of sp³-hybridized carbons (Fsp3) is 0.385. The van der Waals surface area contributed by atoms with Crippen LogP contribution in [0.5, 0.6) is 0 Å². The number of hydrogen-bond acceptors (Lipinski definition) is 3. The van der Waals surface area contributed by atoms with Gasteiger partial charge in [-0.25, -0.2) is 0 Å². The summed E-state index contributed by atoms with van der Waals surface area (Å²) in [6.45, 7) is 0. The van der Waals surface area contributed by atoms with Crippen LogP contribution in [-0.2, 0) is 0 Å². The van der Waals surface area contributed by atoms with E-state index in [1.54, 1.807) is 6.07 Å². The summed E-state index contributed by atoms with van der Waals surface area (Å²) < 4.78 is 0.995. The third-order valence-electron chi connectivity index (χ3n) is 3.49. The smallest absolute Gasteiger partial charge is 0.252 e. The second-order valence-corrected chi connectivity index (χ2v) is 5.98. The number of benzene rings is 1. The molecule has 102 valence electrons. The highest BCUT2D eigenvalue weighted by Gasteiger charge is 2.39. The first-order chi connectivity index (χ1) is 9.07. The molecule has 1 aromatic carbocycles. The Morgan fingerprint density at radius 3 is 2.68 bits per heavy atom. The fourth-order valence-electron chi connectivity index (χ4n) is 2.44. The summed E-state index contributed by atoms with van der Waals surface area (Å²) in [6.07, 6.45) is 3.34. The molecule has 6 heteroatoms. The zero-order valence-electron chi connectivity index (χ0n) is 10.4. The zero-order chi connectivity index (χ0) is 13.9. The minimum absolute atomic E-state index is 0.0870. The van der Waals surface area contributed by atoms with Gasteiger partial charge in [0.15, 0.2) is 5.84 Å². The molecule has 5 nitrogen and oxygen atoms in total. The second-order valence-electron chi connectivity index (χ2n) is 4.74. The molecule has 1 aliphatic carbocycles. The molecule has 0 spiro atoms. The van der Waals surface area contributed by atoms with E-state index < -0.39 is 5.54 Å². The Morgan fingerprint density at radius 1 is 1.42 bits per heavy atom. The number of carbonyl (C=O) groups excluding carboxylic acids is 1. The van der Waals surface area contributed by atoms with Crippen LogP contribution >= 0.6 is 22.6 Å². The van der Waals surface area contributed by atoms with Crippen LogP contribution in [0.3, 0.4) is 0 Å². The van der Waals surface area contributed by atoms with Crippen LogP contribution in [0.2, 0.25) is 0 Å². The van der Waals surface area contributed by atoms with Crippen LogP contribution in [0, 0.1) is 3.57 Å². The summed E-state index contributed by atoms with van der Waals surface area (Å²) in [5.41, 5.74) is 5.64. The molecule has 1 fully saturated rings. The van der Waals surface area contributed by atoms with Crippen molar-refractivity contribution in [1.29, 1.82) is 0 Å². The number of rotatable bonds is 3. The molecular formula is C13H16IN3O2. The lowest BCUT2D eigenvalue weighted by Gasteiger charge is -2.28. The minimum Gasteiger partial charge on any atom is -0.409 e. The standard InChI is InChI=1S/C13H16IN3O2/c14-10-5-3-4-9(8-10)11(18)16-13(12(15)17-19)6-1-2-7-13/h3-5,8,19H,1-2,6-7H2,(H2,15,17)(H,16,18). The van der Waals surface area contributed by atoms with E-state index >= 15 is 0 Å². The predicted molar refractivity (Wildman–Crippen MR) is 81.2 cm³/mol. The lowest BCUT2D eigenvalue weighted by atomic mass is 9.95. The number of carbonyl (C=O) groups is 1. The molecule has 1 aliphatic rings. The van der Waals surface area contributed by atoms with Gasteiger partial charge in [-0.1, -0.05) is 24.1 Å². The van der Waals surface area contributed by atoms with Crippen molar-refractivity contribution in [2.45, 2.75) is 31.2 Å². The summed E-state index contributed by atoms with van der Waals surface area (Å²) in [5.74, 6) is -0.101. The summed E-state index contributed by atoms with van der Waals surface area (Å²) in [5, 5.41) is 14.9. The van der Waals surface area contributed by atoms with Gasteiger partial charge in [-0.3, -0.25) is 4.79 Å². The van der Waals surface area contributed by atoms with Crippen molar-refractivity contribution >= 4 is 34.3 Å². The van der Waals surface area contributed by atoms with E-state index in [2.05, 4.69) is 33.1 Å². The highest BCUT2D eigenvalue weighted by molar-refractivity contribution is 14.1. The van der Waals surface area contributed by atoms with E-state index in [0.29, 0.717) is 18.4 Å². The Labute approximate surface area is 125 Å². The number of nitrogens with two attached hydrogens (primary N) is 1. The average molecular weight is 373 g/mol. The number of halogens is 1. The van der Waals surface area contributed by atoms with Crippen LogP contribution in [0.1, 0.15) is 36.0 Å². The van der Waals surface area contributed by atoms with Gasteiger partial charge in [0.05, 0.1) is 0 Å². The van der Waals surface area contributed by atoms with Crippen molar-refractivity contribution < 1.29 is 10.0 Å². The van der Waals surface area contributed by atoms with Crippen molar-refractivity contribution in [3.63, 3.8) is 0 Å². The van der Waals surface area contributed by atoms with Crippen LogP contribution < -0.4 is 11.1 Å². The number of hydrogen-bond donors (Lipinski definition) is 3. The molecule has 0 radical (unpaired) electrons. The van der Waals surface area contributed by atoms with Crippen molar-refractivity contribution in [2.24, 2.45) is 10.9 Å². The second kappa shape index (κ2) is 5.77. The summed E-state index contributed by atoms with van der Waals surface area (Å²) in [4.78, 5) is 12.3. The number of amidine groups is 1.